The predicted octanol–water partition coefficient (Wildman–Crippen LogP) is 5.88. The van der Waals surface area contributed by atoms with Crippen LogP contribution >= 0.6 is 0 Å². The second kappa shape index (κ2) is 17.1. The van der Waals surface area contributed by atoms with Crippen molar-refractivity contribution in [2.45, 2.75) is 103 Å². The smallest absolute Gasteiger partial charge is 0.306 e. The number of hydrogen-bond donors (Lipinski definition) is 0. The van der Waals surface area contributed by atoms with Gasteiger partial charge in [0, 0.05) is 12.8 Å². The molecule has 1 rings (SSSR count). The third kappa shape index (κ3) is 15.0. The van der Waals surface area contributed by atoms with Crippen molar-refractivity contribution in [3.8, 4) is 0 Å². The van der Waals surface area contributed by atoms with Crippen molar-refractivity contribution < 1.29 is 19.1 Å². The van der Waals surface area contributed by atoms with E-state index in [4.69, 9.17) is 9.47 Å². The van der Waals surface area contributed by atoms with Gasteiger partial charge >= 0.3 is 11.9 Å². The summed E-state index contributed by atoms with van der Waals surface area (Å²) in [6.45, 7) is 1.10. The van der Waals surface area contributed by atoms with E-state index in [1.807, 2.05) is 12.2 Å². The van der Waals surface area contributed by atoms with Gasteiger partial charge in [-0.05, 0) is 25.7 Å². The Morgan fingerprint density at radius 1 is 0.500 bits per heavy atom. The van der Waals surface area contributed by atoms with Crippen LogP contribution in [0.3, 0.4) is 0 Å². The molecule has 1 aliphatic rings. The molecule has 0 fully saturated rings. The fourth-order valence-electron chi connectivity index (χ4n) is 3.13. The van der Waals surface area contributed by atoms with E-state index in [0.29, 0.717) is 38.9 Å². The zero-order chi connectivity index (χ0) is 18.7. The van der Waals surface area contributed by atoms with Crippen LogP contribution in [0.15, 0.2) is 12.2 Å². The van der Waals surface area contributed by atoms with Crippen LogP contribution in [0.4, 0.5) is 0 Å². The van der Waals surface area contributed by atoms with Gasteiger partial charge in [-0.15, -0.1) is 0 Å². The van der Waals surface area contributed by atoms with Crippen molar-refractivity contribution in [3.05, 3.63) is 12.2 Å². The average molecular weight is 367 g/mol. The van der Waals surface area contributed by atoms with E-state index in [0.717, 1.165) is 25.7 Å². The molecule has 4 nitrogen and oxygen atoms in total. The van der Waals surface area contributed by atoms with Gasteiger partial charge in [-0.25, -0.2) is 0 Å². The first kappa shape index (κ1) is 22.7. The molecule has 0 aromatic rings. The highest BCUT2D eigenvalue weighted by Gasteiger charge is 2.03. The number of ether oxygens (including phenoxy) is 2. The molecule has 0 N–H and O–H groups in total. The lowest BCUT2D eigenvalue weighted by Crippen LogP contribution is -2.05. The summed E-state index contributed by atoms with van der Waals surface area (Å²) in [5, 5.41) is 0. The number of cyclic esters (lactones) is 2. The highest BCUT2D eigenvalue weighted by atomic mass is 16.5. The number of allylic oxidation sites excluding steroid dienone is 2. The fraction of sp³-hybridized carbons (Fsp3) is 0.818. The van der Waals surface area contributed by atoms with Crippen LogP contribution in [-0.4, -0.2) is 25.2 Å². The molecule has 0 spiro atoms. The summed E-state index contributed by atoms with van der Waals surface area (Å²) < 4.78 is 10.5. The van der Waals surface area contributed by atoms with Gasteiger partial charge in [-0.2, -0.15) is 0 Å². The highest BCUT2D eigenvalue weighted by molar-refractivity contribution is 5.70. The summed E-state index contributed by atoms with van der Waals surface area (Å²) in [5.74, 6) is -0.243. The zero-order valence-corrected chi connectivity index (χ0v) is 16.5. The molecule has 0 saturated carbocycles. The first-order valence-electron chi connectivity index (χ1n) is 10.8. The molecule has 0 unspecified atom stereocenters. The standard InChI is InChI=1S/C22H38O4/c23-21-17-13-9-10-14-18-22(24)26-20-16-12-8-6-4-2-1-3-5-7-11-15-19-25-21/h9-10H,1-8,11-20H2/b10-9-. The minimum absolute atomic E-state index is 0.122. The molecular weight excluding hydrogens is 328 g/mol. The van der Waals surface area contributed by atoms with E-state index < -0.39 is 0 Å². The van der Waals surface area contributed by atoms with E-state index >= 15 is 0 Å². The Hall–Kier alpha value is -1.32. The van der Waals surface area contributed by atoms with Crippen molar-refractivity contribution in [3.63, 3.8) is 0 Å². The van der Waals surface area contributed by atoms with Gasteiger partial charge in [0.05, 0.1) is 13.2 Å². The molecule has 0 aromatic heterocycles. The Balaban J connectivity index is 2.21. The molecular formula is C22H38O4. The highest BCUT2D eigenvalue weighted by Crippen LogP contribution is 2.12. The van der Waals surface area contributed by atoms with E-state index in [2.05, 4.69) is 0 Å². The van der Waals surface area contributed by atoms with Crippen LogP contribution in [0.25, 0.3) is 0 Å². The second-order valence-electron chi connectivity index (χ2n) is 7.23. The maximum Gasteiger partial charge on any atom is 0.306 e. The lowest BCUT2D eigenvalue weighted by molar-refractivity contribution is -0.144. The van der Waals surface area contributed by atoms with Crippen molar-refractivity contribution in [2.75, 3.05) is 13.2 Å². The van der Waals surface area contributed by atoms with Crippen LogP contribution in [-0.2, 0) is 19.1 Å². The van der Waals surface area contributed by atoms with Gasteiger partial charge in [0.1, 0.15) is 0 Å². The van der Waals surface area contributed by atoms with Crippen molar-refractivity contribution in [2.24, 2.45) is 0 Å². The molecule has 150 valence electrons. The molecule has 4 heteroatoms. The number of esters is 2. The van der Waals surface area contributed by atoms with Crippen molar-refractivity contribution >= 4 is 11.9 Å². The Kier molecular flexibility index (Phi) is 15.0. The first-order valence-corrected chi connectivity index (χ1v) is 10.8. The van der Waals surface area contributed by atoms with Crippen molar-refractivity contribution in [1.82, 2.24) is 0 Å². The molecule has 0 amide bonds. The summed E-state index contributed by atoms with van der Waals surface area (Å²) in [4.78, 5) is 23.2. The topological polar surface area (TPSA) is 52.6 Å². The molecule has 0 saturated heterocycles. The van der Waals surface area contributed by atoms with Gasteiger partial charge in [0.15, 0.2) is 0 Å². The van der Waals surface area contributed by atoms with Crippen LogP contribution < -0.4 is 0 Å². The average Bonchev–Trinajstić information content (AvgIpc) is 2.63. The summed E-state index contributed by atoms with van der Waals surface area (Å²) in [7, 11) is 0. The molecule has 0 atom stereocenters. The van der Waals surface area contributed by atoms with Gasteiger partial charge in [-0.1, -0.05) is 76.4 Å². The van der Waals surface area contributed by atoms with E-state index in [9.17, 15) is 9.59 Å². The maximum absolute atomic E-state index is 11.6. The zero-order valence-electron chi connectivity index (χ0n) is 16.5. The summed E-state index contributed by atoms with van der Waals surface area (Å²) >= 11 is 0. The number of carbonyl (C=O) groups excluding carboxylic acids is 2. The van der Waals surface area contributed by atoms with Crippen LogP contribution in [0.1, 0.15) is 103 Å². The Morgan fingerprint density at radius 3 is 1.15 bits per heavy atom. The Morgan fingerprint density at radius 2 is 0.808 bits per heavy atom. The quantitative estimate of drug-likeness (QED) is 0.396. The van der Waals surface area contributed by atoms with Crippen LogP contribution in [0, 0.1) is 0 Å². The molecule has 26 heavy (non-hydrogen) atoms. The largest absolute Gasteiger partial charge is 0.466 e. The minimum Gasteiger partial charge on any atom is -0.466 e. The van der Waals surface area contributed by atoms with E-state index in [-0.39, 0.29) is 11.9 Å². The van der Waals surface area contributed by atoms with E-state index in [1.54, 1.807) is 0 Å². The predicted molar refractivity (Wildman–Crippen MR) is 105 cm³/mol. The third-order valence-electron chi connectivity index (χ3n) is 4.76. The summed E-state index contributed by atoms with van der Waals surface area (Å²) in [6, 6.07) is 0. The molecule has 0 radical (unpaired) electrons. The fourth-order valence-corrected chi connectivity index (χ4v) is 3.13. The van der Waals surface area contributed by atoms with Crippen LogP contribution in [0.5, 0.6) is 0 Å². The van der Waals surface area contributed by atoms with E-state index in [1.165, 1.54) is 51.4 Å². The SMILES string of the molecule is O=C1CC/C=C\CCC(=O)OCCCCCCCCCCCCCCO1. The molecule has 0 aliphatic carbocycles. The second-order valence-corrected chi connectivity index (χ2v) is 7.23. The number of carbonyl (C=O) groups is 2. The van der Waals surface area contributed by atoms with Crippen molar-refractivity contribution in [1.29, 1.82) is 0 Å². The molecule has 0 bridgehead atoms. The third-order valence-corrected chi connectivity index (χ3v) is 4.76. The molecule has 1 heterocycles. The number of rotatable bonds is 0. The summed E-state index contributed by atoms with van der Waals surface area (Å²) in [5.41, 5.74) is 0. The lowest BCUT2D eigenvalue weighted by atomic mass is 10.1. The minimum atomic E-state index is -0.122. The Labute approximate surface area is 159 Å². The first-order chi connectivity index (χ1) is 12.8. The Bertz CT molecular complexity index is 354. The monoisotopic (exact) mass is 366 g/mol. The molecule has 0 aromatic carbocycles. The number of hydrogen-bond acceptors (Lipinski definition) is 4. The lowest BCUT2D eigenvalue weighted by Gasteiger charge is -2.06. The van der Waals surface area contributed by atoms with Gasteiger partial charge in [0.2, 0.25) is 0 Å². The van der Waals surface area contributed by atoms with Gasteiger partial charge in [0.25, 0.3) is 0 Å². The van der Waals surface area contributed by atoms with Gasteiger partial charge in [-0.3, -0.25) is 9.59 Å². The van der Waals surface area contributed by atoms with Crippen LogP contribution in [0.2, 0.25) is 0 Å². The maximum atomic E-state index is 11.6. The normalized spacial score (nSPS) is 23.2. The van der Waals surface area contributed by atoms with Gasteiger partial charge < -0.3 is 9.47 Å². The summed E-state index contributed by atoms with van der Waals surface area (Å²) in [6.07, 6.45) is 20.8. The molecule has 1 aliphatic heterocycles.